The number of nitrogen functional groups attached to an aromatic ring is 1. The van der Waals surface area contributed by atoms with E-state index in [4.69, 9.17) is 10.5 Å². The number of methoxy groups -OCH3 is 1. The summed E-state index contributed by atoms with van der Waals surface area (Å²) in [5.74, 6) is 0.0541. The summed E-state index contributed by atoms with van der Waals surface area (Å²) < 4.78 is 5.11. The molecular weight excluding hydrogens is 404 g/mol. The summed E-state index contributed by atoms with van der Waals surface area (Å²) in [6, 6.07) is 13.9. The highest BCUT2D eigenvalue weighted by Gasteiger charge is 2.25. The van der Waals surface area contributed by atoms with Crippen molar-refractivity contribution in [3.63, 3.8) is 0 Å². The number of imidazole rings is 1. The predicted molar refractivity (Wildman–Crippen MR) is 114 cm³/mol. The van der Waals surface area contributed by atoms with Gasteiger partial charge < -0.3 is 25.9 Å². The molecule has 5 N–H and O–H groups in total. The molecule has 0 aliphatic carbocycles. The van der Waals surface area contributed by atoms with Gasteiger partial charge in [-0.3, -0.25) is 4.79 Å². The number of hydrogen-bond donors (Lipinski definition) is 4. The molecule has 0 aliphatic heterocycles. The average Bonchev–Trinajstić information content (AvgIpc) is 3.22. The van der Waals surface area contributed by atoms with E-state index in [-0.39, 0.29) is 23.4 Å². The maximum absolute atomic E-state index is 13.2. The van der Waals surface area contributed by atoms with Crippen molar-refractivity contribution in [2.45, 2.75) is 10.3 Å². The first-order valence-electron chi connectivity index (χ1n) is 8.91. The monoisotopic (exact) mass is 422 g/mol. The maximum Gasteiger partial charge on any atom is 0.242 e. The summed E-state index contributed by atoms with van der Waals surface area (Å²) in [5.41, 5.74) is 8.13. The number of aromatic nitrogens is 4. The Kier molecular flexibility index (Phi) is 5.40. The number of phenolic OH excluding ortho intramolecular Hbond substituents is 1. The molecule has 152 valence electrons. The van der Waals surface area contributed by atoms with E-state index in [1.165, 1.54) is 31.3 Å². The van der Waals surface area contributed by atoms with Gasteiger partial charge in [-0.25, -0.2) is 9.97 Å². The molecule has 0 fully saturated rings. The van der Waals surface area contributed by atoms with E-state index in [1.807, 2.05) is 30.3 Å². The van der Waals surface area contributed by atoms with Crippen LogP contribution in [0.5, 0.6) is 11.5 Å². The first-order chi connectivity index (χ1) is 14.5. The Morgan fingerprint density at radius 1 is 1.23 bits per heavy atom. The minimum absolute atomic E-state index is 0.0115. The van der Waals surface area contributed by atoms with Crippen molar-refractivity contribution in [3.05, 3.63) is 60.4 Å². The number of carbonyl (C=O) groups excluding carboxylic acids is 1. The summed E-state index contributed by atoms with van der Waals surface area (Å²) in [5, 5.41) is 12.5. The van der Waals surface area contributed by atoms with Crippen molar-refractivity contribution in [3.8, 4) is 11.5 Å². The fraction of sp³-hybridized carbons (Fsp3) is 0.100. The Morgan fingerprint density at radius 2 is 2.03 bits per heavy atom. The first kappa shape index (κ1) is 19.5. The number of anilines is 2. The van der Waals surface area contributed by atoms with E-state index < -0.39 is 5.25 Å². The number of nitrogens with zero attached hydrogens (tertiary/aromatic N) is 3. The number of hydrogen-bond acceptors (Lipinski definition) is 8. The number of phenols is 1. The average molecular weight is 422 g/mol. The lowest BCUT2D eigenvalue weighted by Gasteiger charge is -2.17. The molecule has 0 saturated carbocycles. The van der Waals surface area contributed by atoms with Crippen LogP contribution in [0.2, 0.25) is 0 Å². The standard InChI is InChI=1S/C20H18N6O3S/c1-29-14-9-12(7-8-13(14)27)24-18(28)16(11-5-3-2-4-6-11)30-19-15-17(23-10-22-15)25-20(21)26-19/h2-10,16,27H,1H3,(H,24,28)(H3,21,22,23,25,26)/t16-/m1/s1. The Bertz CT molecular complexity index is 1200. The SMILES string of the molecule is COc1cc(NC(=O)[C@H](Sc2nc(N)nc3nc[nH]c23)c2ccccc2)ccc1O. The van der Waals surface area contributed by atoms with Gasteiger partial charge in [0.1, 0.15) is 15.8 Å². The van der Waals surface area contributed by atoms with Crippen molar-refractivity contribution in [1.29, 1.82) is 0 Å². The van der Waals surface area contributed by atoms with Crippen LogP contribution in [0.25, 0.3) is 11.2 Å². The molecule has 0 radical (unpaired) electrons. The number of aromatic amines is 1. The third-order valence-electron chi connectivity index (χ3n) is 4.29. The van der Waals surface area contributed by atoms with Crippen LogP contribution in [0.1, 0.15) is 10.8 Å². The van der Waals surface area contributed by atoms with E-state index in [0.29, 0.717) is 21.9 Å². The lowest BCUT2D eigenvalue weighted by molar-refractivity contribution is -0.115. The quantitative estimate of drug-likeness (QED) is 0.211. The van der Waals surface area contributed by atoms with Gasteiger partial charge in [0.15, 0.2) is 17.1 Å². The fourth-order valence-corrected chi connectivity index (χ4v) is 3.98. The molecule has 0 aliphatic rings. The van der Waals surface area contributed by atoms with Gasteiger partial charge in [-0.1, -0.05) is 42.1 Å². The van der Waals surface area contributed by atoms with Gasteiger partial charge in [-0.2, -0.15) is 4.98 Å². The third kappa shape index (κ3) is 3.98. The predicted octanol–water partition coefficient (Wildman–Crippen LogP) is 3.12. The molecule has 0 unspecified atom stereocenters. The van der Waals surface area contributed by atoms with Crippen LogP contribution >= 0.6 is 11.8 Å². The zero-order valence-electron chi connectivity index (χ0n) is 15.9. The van der Waals surface area contributed by atoms with Crippen molar-refractivity contribution < 1.29 is 14.6 Å². The number of rotatable bonds is 6. The molecule has 2 aromatic heterocycles. The first-order valence-corrected chi connectivity index (χ1v) is 9.79. The lowest BCUT2D eigenvalue weighted by atomic mass is 10.1. The van der Waals surface area contributed by atoms with Crippen LogP contribution < -0.4 is 15.8 Å². The van der Waals surface area contributed by atoms with Crippen LogP contribution in [0.3, 0.4) is 0 Å². The van der Waals surface area contributed by atoms with Gasteiger partial charge >= 0.3 is 0 Å². The van der Waals surface area contributed by atoms with E-state index in [0.717, 1.165) is 5.56 Å². The zero-order chi connectivity index (χ0) is 21.1. The lowest BCUT2D eigenvalue weighted by Crippen LogP contribution is -2.19. The number of benzene rings is 2. The molecule has 9 nitrogen and oxygen atoms in total. The second kappa shape index (κ2) is 8.29. The highest BCUT2D eigenvalue weighted by atomic mass is 32.2. The number of amides is 1. The van der Waals surface area contributed by atoms with Gasteiger partial charge in [0.25, 0.3) is 0 Å². The van der Waals surface area contributed by atoms with Crippen LogP contribution in [0.4, 0.5) is 11.6 Å². The summed E-state index contributed by atoms with van der Waals surface area (Å²) in [4.78, 5) is 28.7. The smallest absolute Gasteiger partial charge is 0.242 e. The van der Waals surface area contributed by atoms with Gasteiger partial charge in [0, 0.05) is 11.8 Å². The zero-order valence-corrected chi connectivity index (χ0v) is 16.7. The number of thioether (sulfide) groups is 1. The van der Waals surface area contributed by atoms with Gasteiger partial charge in [-0.05, 0) is 17.7 Å². The molecule has 2 heterocycles. The number of ether oxygens (including phenoxy) is 1. The second-order valence-corrected chi connectivity index (χ2v) is 7.37. The number of aromatic hydroxyl groups is 1. The van der Waals surface area contributed by atoms with E-state index in [2.05, 4.69) is 25.3 Å². The van der Waals surface area contributed by atoms with Crippen LogP contribution in [0, 0.1) is 0 Å². The molecule has 4 aromatic rings. The van der Waals surface area contributed by atoms with Crippen LogP contribution in [-0.4, -0.2) is 38.1 Å². The highest BCUT2D eigenvalue weighted by molar-refractivity contribution is 8.00. The largest absolute Gasteiger partial charge is 0.504 e. The minimum Gasteiger partial charge on any atom is -0.504 e. The highest BCUT2D eigenvalue weighted by Crippen LogP contribution is 2.38. The maximum atomic E-state index is 13.2. The molecule has 4 rings (SSSR count). The third-order valence-corrected chi connectivity index (χ3v) is 5.53. The van der Waals surface area contributed by atoms with E-state index in [1.54, 1.807) is 12.1 Å². The van der Waals surface area contributed by atoms with Gasteiger partial charge in [-0.15, -0.1) is 0 Å². The minimum atomic E-state index is -0.633. The van der Waals surface area contributed by atoms with Gasteiger partial charge in [0.05, 0.1) is 13.4 Å². The summed E-state index contributed by atoms with van der Waals surface area (Å²) in [6.45, 7) is 0. The molecule has 30 heavy (non-hydrogen) atoms. The van der Waals surface area contributed by atoms with E-state index in [9.17, 15) is 9.90 Å². The molecule has 10 heteroatoms. The molecule has 1 amide bonds. The normalized spacial score (nSPS) is 11.9. The molecule has 1 atom stereocenters. The molecule has 2 aromatic carbocycles. The van der Waals surface area contributed by atoms with Crippen LogP contribution in [0.15, 0.2) is 59.9 Å². The van der Waals surface area contributed by atoms with Crippen molar-refractivity contribution in [2.75, 3.05) is 18.2 Å². The van der Waals surface area contributed by atoms with Crippen molar-refractivity contribution in [2.24, 2.45) is 0 Å². The van der Waals surface area contributed by atoms with Crippen LogP contribution in [-0.2, 0) is 4.79 Å². The molecular formula is C20H18N6O3S. The number of H-pyrrole nitrogens is 1. The van der Waals surface area contributed by atoms with Crippen molar-refractivity contribution >= 4 is 40.5 Å². The Balaban J connectivity index is 1.68. The summed E-state index contributed by atoms with van der Waals surface area (Å²) in [6.07, 6.45) is 1.50. The van der Waals surface area contributed by atoms with Gasteiger partial charge in [0.2, 0.25) is 11.9 Å². The fourth-order valence-electron chi connectivity index (χ4n) is 2.88. The number of carbonyl (C=O) groups is 1. The van der Waals surface area contributed by atoms with E-state index >= 15 is 0 Å². The second-order valence-electron chi connectivity index (χ2n) is 6.27. The molecule has 0 spiro atoms. The molecule has 0 bridgehead atoms. The Morgan fingerprint density at radius 3 is 2.80 bits per heavy atom. The summed E-state index contributed by atoms with van der Waals surface area (Å²) in [7, 11) is 1.44. The number of nitrogens with one attached hydrogen (secondary N) is 2. The molecule has 0 saturated heterocycles. The Labute approximate surface area is 175 Å². The van der Waals surface area contributed by atoms with Crippen molar-refractivity contribution in [1.82, 2.24) is 19.9 Å². The number of nitrogens with two attached hydrogens (primary N) is 1. The summed E-state index contributed by atoms with van der Waals surface area (Å²) >= 11 is 1.24. The Hall–Kier alpha value is -3.79. The topological polar surface area (TPSA) is 139 Å². The number of fused-ring (bicyclic) bond motifs is 1.